The number of hydrogen-bond acceptors (Lipinski definition) is 6. The molecule has 0 saturated carbocycles. The lowest BCUT2D eigenvalue weighted by atomic mass is 10.0. The predicted octanol–water partition coefficient (Wildman–Crippen LogP) is 2.89. The summed E-state index contributed by atoms with van der Waals surface area (Å²) in [4.78, 5) is 53.8. The van der Waals surface area contributed by atoms with E-state index >= 15 is 0 Å². The highest BCUT2D eigenvalue weighted by atomic mass is 16.6. The van der Waals surface area contributed by atoms with Crippen LogP contribution in [-0.4, -0.2) is 43.7 Å². The highest BCUT2D eigenvalue weighted by Gasteiger charge is 2.36. The molecular weight excluding hydrogens is 428 g/mol. The van der Waals surface area contributed by atoms with Crippen molar-refractivity contribution in [2.75, 3.05) is 5.32 Å². The summed E-state index contributed by atoms with van der Waals surface area (Å²) in [6.07, 6.45) is 3.37. The maximum absolute atomic E-state index is 13.5. The number of carboxylic acids is 1. The number of nitrogens with zero attached hydrogens (tertiary/aromatic N) is 3. The van der Waals surface area contributed by atoms with Gasteiger partial charge in [0.15, 0.2) is 0 Å². The minimum atomic E-state index is -1.07. The molecule has 0 bridgehead atoms. The fraction of sp³-hybridized carbons (Fsp3) is 0.130. The van der Waals surface area contributed by atoms with Crippen LogP contribution in [0.3, 0.4) is 0 Å². The van der Waals surface area contributed by atoms with Crippen molar-refractivity contribution < 1.29 is 24.4 Å². The number of aromatic carboxylic acids is 1. The van der Waals surface area contributed by atoms with Gasteiger partial charge in [-0.05, 0) is 35.4 Å². The largest absolute Gasteiger partial charge is 0.478 e. The van der Waals surface area contributed by atoms with E-state index < -0.39 is 28.7 Å². The number of nitro benzene ring substituents is 1. The molecule has 2 aromatic carbocycles. The summed E-state index contributed by atoms with van der Waals surface area (Å²) >= 11 is 0. The van der Waals surface area contributed by atoms with Gasteiger partial charge in [0.05, 0.1) is 21.7 Å². The number of rotatable bonds is 6. The van der Waals surface area contributed by atoms with Gasteiger partial charge in [-0.3, -0.25) is 24.7 Å². The smallest absolute Gasteiger partial charge is 0.335 e. The molecule has 1 aliphatic rings. The van der Waals surface area contributed by atoms with Crippen LogP contribution in [0.25, 0.3) is 0 Å². The number of carbonyl (C=O) groups is 3. The van der Waals surface area contributed by atoms with E-state index in [-0.39, 0.29) is 35.5 Å². The van der Waals surface area contributed by atoms with Crippen LogP contribution in [0.1, 0.15) is 31.8 Å². The number of anilines is 1. The van der Waals surface area contributed by atoms with Gasteiger partial charge < -0.3 is 15.3 Å². The van der Waals surface area contributed by atoms with Crippen LogP contribution in [-0.2, 0) is 17.8 Å². The van der Waals surface area contributed by atoms with Gasteiger partial charge in [0.2, 0.25) is 5.91 Å². The number of carbonyl (C=O) groups excluding carboxylic acids is 2. The first kappa shape index (κ1) is 21.6. The summed E-state index contributed by atoms with van der Waals surface area (Å²) in [6.45, 7) is 0.0352. The minimum Gasteiger partial charge on any atom is -0.478 e. The minimum absolute atomic E-state index is 0.0352. The normalized spacial score (nSPS) is 15.4. The van der Waals surface area contributed by atoms with Crippen LogP contribution in [0.4, 0.5) is 11.4 Å². The molecule has 4 rings (SSSR count). The molecule has 0 aliphatic carbocycles. The molecule has 3 aromatic rings. The maximum Gasteiger partial charge on any atom is 0.335 e. The monoisotopic (exact) mass is 446 g/mol. The zero-order chi connectivity index (χ0) is 23.5. The lowest BCUT2D eigenvalue weighted by Crippen LogP contribution is -2.46. The van der Waals surface area contributed by atoms with Crippen molar-refractivity contribution in [2.45, 2.75) is 19.0 Å². The third kappa shape index (κ3) is 4.54. The topological polar surface area (TPSA) is 143 Å². The van der Waals surface area contributed by atoms with Gasteiger partial charge in [-0.1, -0.05) is 18.2 Å². The average molecular weight is 446 g/mol. The van der Waals surface area contributed by atoms with Crippen molar-refractivity contribution in [3.63, 3.8) is 0 Å². The second-order valence-corrected chi connectivity index (χ2v) is 7.49. The Balaban J connectivity index is 1.74. The Morgan fingerprint density at radius 1 is 1.12 bits per heavy atom. The molecule has 0 saturated heterocycles. The number of nitrogens with one attached hydrogen (secondary N) is 1. The lowest BCUT2D eigenvalue weighted by Gasteiger charge is -2.29. The van der Waals surface area contributed by atoms with E-state index in [1.807, 2.05) is 0 Å². The van der Waals surface area contributed by atoms with E-state index in [9.17, 15) is 24.5 Å². The van der Waals surface area contributed by atoms with Crippen molar-refractivity contribution >= 4 is 29.2 Å². The molecule has 33 heavy (non-hydrogen) atoms. The molecular formula is C23H18N4O6. The molecule has 10 nitrogen and oxygen atoms in total. The number of nitro groups is 1. The molecule has 1 unspecified atom stereocenters. The molecule has 2 N–H and O–H groups in total. The van der Waals surface area contributed by atoms with Crippen LogP contribution in [0, 0.1) is 10.1 Å². The van der Waals surface area contributed by atoms with Crippen molar-refractivity contribution in [3.8, 4) is 0 Å². The number of aromatic nitrogens is 1. The van der Waals surface area contributed by atoms with Gasteiger partial charge in [-0.2, -0.15) is 0 Å². The quantitative estimate of drug-likeness (QED) is 0.438. The Hall–Kier alpha value is -4.60. The summed E-state index contributed by atoms with van der Waals surface area (Å²) in [6, 6.07) is 12.3. The number of carboxylic acid groups (broad SMARTS) is 1. The fourth-order valence-electron chi connectivity index (χ4n) is 3.67. The van der Waals surface area contributed by atoms with Gasteiger partial charge >= 0.3 is 5.97 Å². The third-order valence-corrected chi connectivity index (χ3v) is 5.35. The van der Waals surface area contributed by atoms with Crippen molar-refractivity contribution in [3.05, 3.63) is 99.4 Å². The third-order valence-electron chi connectivity index (χ3n) is 5.35. The summed E-state index contributed by atoms with van der Waals surface area (Å²) in [5.41, 5.74) is 1.41. The summed E-state index contributed by atoms with van der Waals surface area (Å²) < 4.78 is 0. The van der Waals surface area contributed by atoms with Crippen molar-refractivity contribution in [1.29, 1.82) is 0 Å². The standard InChI is InChI=1S/C23H18N4O6/c28-21-20(10-15-2-1-9-24-12-15)26(13-14-3-5-16(6-4-14)23(30)31)22(29)18-8-7-17(27(32)33)11-19(18)25-21/h1-9,11-12,20H,10,13H2,(H,25,28)(H,30,31). The van der Waals surface area contributed by atoms with Crippen molar-refractivity contribution in [1.82, 2.24) is 9.88 Å². The van der Waals surface area contributed by atoms with E-state index in [2.05, 4.69) is 10.3 Å². The van der Waals surface area contributed by atoms with Gasteiger partial charge in [0.25, 0.3) is 11.6 Å². The molecule has 1 aliphatic heterocycles. The molecule has 10 heteroatoms. The molecule has 1 aromatic heterocycles. The number of fused-ring (bicyclic) bond motifs is 1. The Kier molecular flexibility index (Phi) is 5.81. The summed E-state index contributed by atoms with van der Waals surface area (Å²) in [7, 11) is 0. The summed E-state index contributed by atoms with van der Waals surface area (Å²) in [5.74, 6) is -2.04. The second kappa shape index (κ2) is 8.87. The Morgan fingerprint density at radius 3 is 2.52 bits per heavy atom. The Labute approximate surface area is 187 Å². The second-order valence-electron chi connectivity index (χ2n) is 7.49. The zero-order valence-corrected chi connectivity index (χ0v) is 17.2. The molecule has 2 heterocycles. The number of amides is 2. The van der Waals surface area contributed by atoms with E-state index in [4.69, 9.17) is 5.11 Å². The number of benzene rings is 2. The van der Waals surface area contributed by atoms with Crippen molar-refractivity contribution in [2.24, 2.45) is 0 Å². The maximum atomic E-state index is 13.5. The van der Waals surface area contributed by atoms with E-state index in [1.54, 1.807) is 36.7 Å². The zero-order valence-electron chi connectivity index (χ0n) is 17.2. The van der Waals surface area contributed by atoms with E-state index in [0.29, 0.717) is 5.56 Å². The van der Waals surface area contributed by atoms with Crippen LogP contribution in [0.15, 0.2) is 67.0 Å². The molecule has 0 spiro atoms. The number of non-ortho nitro benzene ring substituents is 1. The van der Waals surface area contributed by atoms with Crippen LogP contribution < -0.4 is 5.32 Å². The van der Waals surface area contributed by atoms with Gasteiger partial charge in [-0.25, -0.2) is 4.79 Å². The number of hydrogen-bond donors (Lipinski definition) is 2. The van der Waals surface area contributed by atoms with Gasteiger partial charge in [-0.15, -0.1) is 0 Å². The highest BCUT2D eigenvalue weighted by molar-refractivity contribution is 6.10. The average Bonchev–Trinajstić information content (AvgIpc) is 2.90. The number of pyridine rings is 1. The highest BCUT2D eigenvalue weighted by Crippen LogP contribution is 2.29. The SMILES string of the molecule is O=C(O)c1ccc(CN2C(=O)c3ccc([N+](=O)[O-])cc3NC(=O)C2Cc2cccnc2)cc1. The fourth-order valence-corrected chi connectivity index (χ4v) is 3.67. The molecule has 1 atom stereocenters. The first-order valence-corrected chi connectivity index (χ1v) is 9.95. The summed E-state index contributed by atoms with van der Waals surface area (Å²) in [5, 5.41) is 22.9. The van der Waals surface area contributed by atoms with Crippen LogP contribution in [0.2, 0.25) is 0 Å². The predicted molar refractivity (Wildman–Crippen MR) is 117 cm³/mol. The Bertz CT molecular complexity index is 1240. The molecule has 0 radical (unpaired) electrons. The van der Waals surface area contributed by atoms with Gasteiger partial charge in [0, 0.05) is 37.5 Å². The molecule has 2 amide bonds. The van der Waals surface area contributed by atoms with E-state index in [1.165, 1.54) is 29.2 Å². The van der Waals surface area contributed by atoms with E-state index in [0.717, 1.165) is 11.6 Å². The van der Waals surface area contributed by atoms with Crippen LogP contribution in [0.5, 0.6) is 0 Å². The molecule has 166 valence electrons. The first-order chi connectivity index (χ1) is 15.8. The molecule has 0 fully saturated rings. The van der Waals surface area contributed by atoms with Gasteiger partial charge in [0.1, 0.15) is 6.04 Å². The lowest BCUT2D eigenvalue weighted by molar-refractivity contribution is -0.384. The Morgan fingerprint density at radius 2 is 1.88 bits per heavy atom. The first-order valence-electron chi connectivity index (χ1n) is 9.95. The van der Waals surface area contributed by atoms with Crippen LogP contribution >= 0.6 is 0 Å².